The maximum Gasteiger partial charge on any atom is 0.241 e. The van der Waals surface area contributed by atoms with Crippen molar-refractivity contribution in [3.05, 3.63) is 29.3 Å². The van der Waals surface area contributed by atoms with Crippen LogP contribution in [0.25, 0.3) is 0 Å². The van der Waals surface area contributed by atoms with Gasteiger partial charge in [0.25, 0.3) is 0 Å². The van der Waals surface area contributed by atoms with E-state index in [4.69, 9.17) is 0 Å². The van der Waals surface area contributed by atoms with Gasteiger partial charge in [0, 0.05) is 18.8 Å². The van der Waals surface area contributed by atoms with Gasteiger partial charge in [-0.15, -0.1) is 0 Å². The predicted molar refractivity (Wildman–Crippen MR) is 77.0 cm³/mol. The summed E-state index contributed by atoms with van der Waals surface area (Å²) in [6, 6.07) is 6.26. The number of likely N-dealkylation sites (N-methyl/N-ethyl adjacent to an activating group) is 1. The second-order valence-electron chi connectivity index (χ2n) is 4.41. The number of rotatable bonds is 6. The number of hydrogen-bond acceptors (Lipinski definition) is 2. The van der Waals surface area contributed by atoms with Crippen LogP contribution in [0.4, 0.5) is 5.69 Å². The molecule has 1 amide bonds. The third-order valence-corrected chi connectivity index (χ3v) is 3.29. The van der Waals surface area contributed by atoms with Gasteiger partial charge in [-0.2, -0.15) is 0 Å². The van der Waals surface area contributed by atoms with E-state index in [-0.39, 0.29) is 5.91 Å². The topological polar surface area (TPSA) is 32.3 Å². The molecule has 100 valence electrons. The van der Waals surface area contributed by atoms with Crippen molar-refractivity contribution in [1.29, 1.82) is 0 Å². The highest BCUT2D eigenvalue weighted by Gasteiger charge is 2.08. The summed E-state index contributed by atoms with van der Waals surface area (Å²) in [4.78, 5) is 13.7. The van der Waals surface area contributed by atoms with Crippen molar-refractivity contribution in [1.82, 2.24) is 4.90 Å². The van der Waals surface area contributed by atoms with E-state index in [2.05, 4.69) is 31.3 Å². The number of amides is 1. The molecule has 1 aromatic rings. The Bertz CT molecular complexity index is 397. The molecule has 0 aliphatic heterocycles. The maximum atomic E-state index is 11.9. The van der Waals surface area contributed by atoms with Gasteiger partial charge in [-0.25, -0.2) is 0 Å². The van der Waals surface area contributed by atoms with Gasteiger partial charge >= 0.3 is 0 Å². The molecule has 3 heteroatoms. The summed E-state index contributed by atoms with van der Waals surface area (Å²) in [7, 11) is 0. The van der Waals surface area contributed by atoms with E-state index in [9.17, 15) is 4.79 Å². The number of benzene rings is 1. The zero-order chi connectivity index (χ0) is 13.5. The van der Waals surface area contributed by atoms with Gasteiger partial charge in [0.15, 0.2) is 0 Å². The van der Waals surface area contributed by atoms with Crippen LogP contribution >= 0.6 is 0 Å². The van der Waals surface area contributed by atoms with Gasteiger partial charge < -0.3 is 10.2 Å². The van der Waals surface area contributed by atoms with Crippen LogP contribution in [-0.2, 0) is 11.2 Å². The summed E-state index contributed by atoms with van der Waals surface area (Å²) in [6.45, 7) is 10.2. The van der Waals surface area contributed by atoms with E-state index in [1.165, 1.54) is 11.1 Å². The van der Waals surface area contributed by atoms with Crippen LogP contribution in [0, 0.1) is 6.92 Å². The van der Waals surface area contributed by atoms with Gasteiger partial charge in [-0.1, -0.05) is 13.0 Å². The highest BCUT2D eigenvalue weighted by molar-refractivity contribution is 5.80. The quantitative estimate of drug-likeness (QED) is 0.839. The Morgan fingerprint density at radius 3 is 2.44 bits per heavy atom. The fourth-order valence-corrected chi connectivity index (χ4v) is 2.03. The van der Waals surface area contributed by atoms with Crippen LogP contribution in [0.5, 0.6) is 0 Å². The Morgan fingerprint density at radius 1 is 1.22 bits per heavy atom. The van der Waals surface area contributed by atoms with Crippen molar-refractivity contribution in [2.75, 3.05) is 25.0 Å². The van der Waals surface area contributed by atoms with E-state index in [1.54, 1.807) is 0 Å². The number of nitrogens with zero attached hydrogens (tertiary/aromatic N) is 1. The summed E-state index contributed by atoms with van der Waals surface area (Å²) in [5.74, 6) is 0.152. The molecule has 0 radical (unpaired) electrons. The van der Waals surface area contributed by atoms with E-state index in [1.807, 2.05) is 24.8 Å². The van der Waals surface area contributed by atoms with Crippen molar-refractivity contribution < 1.29 is 4.79 Å². The van der Waals surface area contributed by atoms with Crippen molar-refractivity contribution in [3.63, 3.8) is 0 Å². The second kappa shape index (κ2) is 7.04. The van der Waals surface area contributed by atoms with E-state index in [0.717, 1.165) is 25.2 Å². The van der Waals surface area contributed by atoms with Crippen molar-refractivity contribution in [2.45, 2.75) is 34.1 Å². The predicted octanol–water partition coefficient (Wildman–Crippen LogP) is 2.84. The number of aryl methyl sites for hydroxylation is 2. The zero-order valence-electron chi connectivity index (χ0n) is 11.9. The van der Waals surface area contributed by atoms with Crippen LogP contribution in [0.2, 0.25) is 0 Å². The van der Waals surface area contributed by atoms with Crippen LogP contribution in [-0.4, -0.2) is 30.4 Å². The summed E-state index contributed by atoms with van der Waals surface area (Å²) in [5.41, 5.74) is 3.66. The lowest BCUT2D eigenvalue weighted by Crippen LogP contribution is -2.35. The number of nitrogens with one attached hydrogen (secondary N) is 1. The molecule has 0 aliphatic carbocycles. The van der Waals surface area contributed by atoms with Gasteiger partial charge in [0.1, 0.15) is 0 Å². The number of carbonyl (C=O) groups is 1. The Hall–Kier alpha value is -1.51. The van der Waals surface area contributed by atoms with E-state index < -0.39 is 0 Å². The third-order valence-electron chi connectivity index (χ3n) is 3.29. The Labute approximate surface area is 110 Å². The molecule has 18 heavy (non-hydrogen) atoms. The SMILES string of the molecule is CCc1cc(NCC(=O)N(CC)CC)ccc1C. The summed E-state index contributed by atoms with van der Waals surface area (Å²) in [6.07, 6.45) is 1.02. The Kier molecular flexibility index (Phi) is 5.69. The van der Waals surface area contributed by atoms with Gasteiger partial charge in [-0.05, 0) is 50.5 Å². The van der Waals surface area contributed by atoms with Crippen LogP contribution in [0.1, 0.15) is 31.9 Å². The molecule has 0 heterocycles. The van der Waals surface area contributed by atoms with Crippen molar-refractivity contribution >= 4 is 11.6 Å². The first-order chi connectivity index (χ1) is 8.62. The monoisotopic (exact) mass is 248 g/mol. The molecule has 1 rings (SSSR count). The number of hydrogen-bond donors (Lipinski definition) is 1. The lowest BCUT2D eigenvalue weighted by Gasteiger charge is -2.19. The normalized spacial score (nSPS) is 10.2. The van der Waals surface area contributed by atoms with Crippen molar-refractivity contribution in [3.8, 4) is 0 Å². The molecule has 0 saturated heterocycles. The van der Waals surface area contributed by atoms with Crippen LogP contribution in [0.3, 0.4) is 0 Å². The molecular formula is C15H24N2O. The first kappa shape index (κ1) is 14.6. The molecule has 3 nitrogen and oxygen atoms in total. The molecule has 0 unspecified atom stereocenters. The molecule has 1 aromatic carbocycles. The van der Waals surface area contributed by atoms with Gasteiger partial charge in [-0.3, -0.25) is 4.79 Å². The second-order valence-corrected chi connectivity index (χ2v) is 4.41. The lowest BCUT2D eigenvalue weighted by atomic mass is 10.1. The average molecular weight is 248 g/mol. The van der Waals surface area contributed by atoms with E-state index >= 15 is 0 Å². The average Bonchev–Trinajstić information content (AvgIpc) is 2.39. The van der Waals surface area contributed by atoms with E-state index in [0.29, 0.717) is 6.54 Å². The smallest absolute Gasteiger partial charge is 0.241 e. The standard InChI is InChI=1S/C15H24N2O/c1-5-13-10-14(9-8-12(13)4)16-11-15(18)17(6-2)7-3/h8-10,16H,5-7,11H2,1-4H3. The summed E-state index contributed by atoms with van der Waals surface area (Å²) in [5, 5.41) is 3.20. The molecule has 0 atom stereocenters. The Balaban J connectivity index is 2.61. The zero-order valence-corrected chi connectivity index (χ0v) is 11.9. The molecule has 1 N–H and O–H groups in total. The minimum atomic E-state index is 0.152. The summed E-state index contributed by atoms with van der Waals surface area (Å²) < 4.78 is 0. The number of carbonyl (C=O) groups excluding carboxylic acids is 1. The fourth-order valence-electron chi connectivity index (χ4n) is 2.03. The molecule has 0 spiro atoms. The number of anilines is 1. The van der Waals surface area contributed by atoms with Crippen LogP contribution < -0.4 is 5.32 Å². The van der Waals surface area contributed by atoms with Crippen molar-refractivity contribution in [2.24, 2.45) is 0 Å². The first-order valence-corrected chi connectivity index (χ1v) is 6.73. The fraction of sp³-hybridized carbons (Fsp3) is 0.533. The lowest BCUT2D eigenvalue weighted by molar-refractivity contribution is -0.128. The molecule has 0 fully saturated rings. The first-order valence-electron chi connectivity index (χ1n) is 6.73. The minimum Gasteiger partial charge on any atom is -0.376 e. The van der Waals surface area contributed by atoms with Gasteiger partial charge in [0.2, 0.25) is 5.91 Å². The largest absolute Gasteiger partial charge is 0.376 e. The molecular weight excluding hydrogens is 224 g/mol. The molecule has 0 saturated carbocycles. The molecule has 0 aromatic heterocycles. The minimum absolute atomic E-state index is 0.152. The molecule has 0 aliphatic rings. The Morgan fingerprint density at radius 2 is 1.89 bits per heavy atom. The highest BCUT2D eigenvalue weighted by Crippen LogP contribution is 2.15. The maximum absolute atomic E-state index is 11.9. The van der Waals surface area contributed by atoms with Gasteiger partial charge in [0.05, 0.1) is 6.54 Å². The summed E-state index contributed by atoms with van der Waals surface area (Å²) >= 11 is 0. The molecule has 0 bridgehead atoms. The third kappa shape index (κ3) is 3.76. The van der Waals surface area contributed by atoms with Crippen LogP contribution in [0.15, 0.2) is 18.2 Å². The highest BCUT2D eigenvalue weighted by atomic mass is 16.2.